The largest absolute Gasteiger partial charge is 0.398 e. The summed E-state index contributed by atoms with van der Waals surface area (Å²) in [5, 5.41) is 29.7. The number of aliphatic hydroxyl groups excluding tert-OH is 2. The number of rotatable bonds is 4. The van der Waals surface area contributed by atoms with E-state index in [2.05, 4.69) is 0 Å². The number of hydrogen-bond acceptors (Lipinski definition) is 6. The molecule has 8 heteroatoms. The normalized spacial score (nSPS) is 13.9. The van der Waals surface area contributed by atoms with Gasteiger partial charge in [-0.25, -0.2) is 0 Å². The highest BCUT2D eigenvalue weighted by Gasteiger charge is 2.27. The molecule has 0 bridgehead atoms. The standard InChI is InChI=1S/C10H13N3O5/c1-4-2-5(8(14)9(15)10(12)16)6(11)3-7(4)13(17)18/h2-3,8-9,14-15H,11H2,1H3,(H2,12,16). The van der Waals surface area contributed by atoms with Crippen LogP contribution in [0.25, 0.3) is 0 Å². The second-order valence-electron chi connectivity index (χ2n) is 3.82. The van der Waals surface area contributed by atoms with E-state index in [9.17, 15) is 25.1 Å². The van der Waals surface area contributed by atoms with E-state index in [4.69, 9.17) is 11.5 Å². The van der Waals surface area contributed by atoms with Crippen molar-refractivity contribution in [3.05, 3.63) is 33.4 Å². The number of nitrogens with zero attached hydrogens (tertiary/aromatic N) is 1. The summed E-state index contributed by atoms with van der Waals surface area (Å²) in [6, 6.07) is 2.30. The lowest BCUT2D eigenvalue weighted by Crippen LogP contribution is -2.34. The van der Waals surface area contributed by atoms with E-state index in [0.717, 1.165) is 6.07 Å². The molecule has 0 aliphatic carbocycles. The first-order valence-corrected chi connectivity index (χ1v) is 4.95. The number of nitro groups is 1. The highest BCUT2D eigenvalue weighted by molar-refractivity contribution is 5.80. The monoisotopic (exact) mass is 255 g/mol. The number of aryl methyl sites for hydroxylation is 1. The van der Waals surface area contributed by atoms with Crippen LogP contribution in [-0.2, 0) is 4.79 Å². The Morgan fingerprint density at radius 2 is 2.00 bits per heavy atom. The number of anilines is 1. The average molecular weight is 255 g/mol. The van der Waals surface area contributed by atoms with Crippen LogP contribution in [0.15, 0.2) is 12.1 Å². The third-order valence-electron chi connectivity index (χ3n) is 2.51. The minimum Gasteiger partial charge on any atom is -0.398 e. The molecule has 8 nitrogen and oxygen atoms in total. The van der Waals surface area contributed by atoms with E-state index >= 15 is 0 Å². The van der Waals surface area contributed by atoms with Gasteiger partial charge in [-0.15, -0.1) is 0 Å². The van der Waals surface area contributed by atoms with E-state index in [1.165, 1.54) is 13.0 Å². The third kappa shape index (κ3) is 2.55. The second-order valence-corrected chi connectivity index (χ2v) is 3.82. The molecule has 0 aromatic heterocycles. The van der Waals surface area contributed by atoms with Crippen LogP contribution in [0.2, 0.25) is 0 Å². The SMILES string of the molecule is Cc1cc(C(O)C(O)C(N)=O)c(N)cc1[N+](=O)[O-]. The van der Waals surface area contributed by atoms with Gasteiger partial charge in [0.2, 0.25) is 5.91 Å². The molecule has 0 fully saturated rings. The highest BCUT2D eigenvalue weighted by atomic mass is 16.6. The summed E-state index contributed by atoms with van der Waals surface area (Å²) in [6.45, 7) is 1.45. The number of carbonyl (C=O) groups is 1. The van der Waals surface area contributed by atoms with Gasteiger partial charge in [-0.2, -0.15) is 0 Å². The number of benzene rings is 1. The molecule has 0 aliphatic heterocycles. The quantitative estimate of drug-likeness (QED) is 0.319. The molecular formula is C10H13N3O5. The molecule has 98 valence electrons. The number of nitro benzene ring substituents is 1. The number of nitrogen functional groups attached to an aromatic ring is 1. The number of carbonyl (C=O) groups excluding carboxylic acids is 1. The average Bonchev–Trinajstić information content (AvgIpc) is 2.29. The maximum Gasteiger partial charge on any atom is 0.274 e. The molecular weight excluding hydrogens is 242 g/mol. The van der Waals surface area contributed by atoms with Gasteiger partial charge >= 0.3 is 0 Å². The summed E-state index contributed by atoms with van der Waals surface area (Å²) >= 11 is 0. The maximum absolute atomic E-state index is 10.7. The molecule has 1 amide bonds. The van der Waals surface area contributed by atoms with Crippen LogP contribution in [0, 0.1) is 17.0 Å². The zero-order valence-corrected chi connectivity index (χ0v) is 9.53. The van der Waals surface area contributed by atoms with Crippen LogP contribution < -0.4 is 11.5 Å². The van der Waals surface area contributed by atoms with Gasteiger partial charge in [-0.1, -0.05) is 0 Å². The number of amides is 1. The minimum absolute atomic E-state index is 0.0180. The lowest BCUT2D eigenvalue weighted by Gasteiger charge is -2.17. The van der Waals surface area contributed by atoms with Crippen LogP contribution in [0.1, 0.15) is 17.2 Å². The predicted octanol–water partition coefficient (Wildman–Crippen LogP) is -0.635. The summed E-state index contributed by atoms with van der Waals surface area (Å²) in [5.41, 5.74) is 10.3. The fraction of sp³-hybridized carbons (Fsp3) is 0.300. The van der Waals surface area contributed by atoms with Crippen molar-refractivity contribution in [3.63, 3.8) is 0 Å². The molecule has 1 aromatic carbocycles. The van der Waals surface area contributed by atoms with Crippen LogP contribution in [-0.4, -0.2) is 27.1 Å². The van der Waals surface area contributed by atoms with Crippen molar-refractivity contribution in [1.82, 2.24) is 0 Å². The Hall–Kier alpha value is -2.19. The molecule has 18 heavy (non-hydrogen) atoms. The second kappa shape index (κ2) is 4.98. The van der Waals surface area contributed by atoms with Crippen molar-refractivity contribution in [3.8, 4) is 0 Å². The molecule has 0 spiro atoms. The zero-order valence-electron chi connectivity index (χ0n) is 9.53. The van der Waals surface area contributed by atoms with Gasteiger partial charge in [0, 0.05) is 22.9 Å². The lowest BCUT2D eigenvalue weighted by atomic mass is 9.99. The molecule has 0 radical (unpaired) electrons. The first-order valence-electron chi connectivity index (χ1n) is 4.95. The van der Waals surface area contributed by atoms with E-state index in [1.807, 2.05) is 0 Å². The molecule has 0 heterocycles. The third-order valence-corrected chi connectivity index (χ3v) is 2.51. The van der Waals surface area contributed by atoms with Crippen LogP contribution in [0.5, 0.6) is 0 Å². The molecule has 2 unspecified atom stereocenters. The Balaban J connectivity index is 3.23. The molecule has 1 aromatic rings. The Morgan fingerprint density at radius 3 is 2.44 bits per heavy atom. The fourth-order valence-corrected chi connectivity index (χ4v) is 1.51. The molecule has 0 saturated heterocycles. The molecule has 2 atom stereocenters. The van der Waals surface area contributed by atoms with E-state index < -0.39 is 23.0 Å². The zero-order chi connectivity index (χ0) is 14.0. The number of nitrogens with two attached hydrogens (primary N) is 2. The highest BCUT2D eigenvalue weighted by Crippen LogP contribution is 2.30. The summed E-state index contributed by atoms with van der Waals surface area (Å²) in [6.07, 6.45) is -3.45. The number of hydrogen-bond donors (Lipinski definition) is 4. The van der Waals surface area contributed by atoms with Crippen molar-refractivity contribution in [2.45, 2.75) is 19.1 Å². The number of primary amides is 1. The van der Waals surface area contributed by atoms with Crippen molar-refractivity contribution in [2.24, 2.45) is 5.73 Å². The van der Waals surface area contributed by atoms with Gasteiger partial charge in [-0.05, 0) is 13.0 Å². The minimum atomic E-state index is -1.83. The number of aliphatic hydroxyl groups is 2. The van der Waals surface area contributed by atoms with Crippen LogP contribution >= 0.6 is 0 Å². The van der Waals surface area contributed by atoms with E-state index in [-0.39, 0.29) is 22.5 Å². The van der Waals surface area contributed by atoms with Crippen molar-refractivity contribution >= 4 is 17.3 Å². The van der Waals surface area contributed by atoms with Crippen LogP contribution in [0.3, 0.4) is 0 Å². The Kier molecular flexibility index (Phi) is 3.84. The Labute approximate surface area is 102 Å². The van der Waals surface area contributed by atoms with Gasteiger partial charge < -0.3 is 21.7 Å². The summed E-state index contributed by atoms with van der Waals surface area (Å²) < 4.78 is 0. The summed E-state index contributed by atoms with van der Waals surface area (Å²) in [4.78, 5) is 20.8. The van der Waals surface area contributed by atoms with Crippen molar-refractivity contribution in [2.75, 3.05) is 5.73 Å². The van der Waals surface area contributed by atoms with Gasteiger partial charge in [0.15, 0.2) is 6.10 Å². The summed E-state index contributed by atoms with van der Waals surface area (Å²) in [5.74, 6) is -1.11. The molecule has 0 saturated carbocycles. The molecule has 6 N–H and O–H groups in total. The Bertz CT molecular complexity index is 503. The van der Waals surface area contributed by atoms with E-state index in [1.54, 1.807) is 0 Å². The maximum atomic E-state index is 10.7. The predicted molar refractivity (Wildman–Crippen MR) is 62.4 cm³/mol. The van der Waals surface area contributed by atoms with Crippen molar-refractivity contribution < 1.29 is 19.9 Å². The van der Waals surface area contributed by atoms with E-state index in [0.29, 0.717) is 0 Å². The smallest absolute Gasteiger partial charge is 0.274 e. The van der Waals surface area contributed by atoms with Gasteiger partial charge in [-0.3, -0.25) is 14.9 Å². The van der Waals surface area contributed by atoms with Gasteiger partial charge in [0.1, 0.15) is 6.10 Å². The lowest BCUT2D eigenvalue weighted by molar-refractivity contribution is -0.385. The fourth-order valence-electron chi connectivity index (χ4n) is 1.51. The van der Waals surface area contributed by atoms with Crippen LogP contribution in [0.4, 0.5) is 11.4 Å². The first-order chi connectivity index (χ1) is 8.25. The van der Waals surface area contributed by atoms with Gasteiger partial charge in [0.25, 0.3) is 5.69 Å². The topological polar surface area (TPSA) is 153 Å². The Morgan fingerprint density at radius 1 is 1.44 bits per heavy atom. The van der Waals surface area contributed by atoms with Crippen molar-refractivity contribution in [1.29, 1.82) is 0 Å². The molecule has 1 rings (SSSR count). The molecule has 0 aliphatic rings. The first kappa shape index (κ1) is 13.9. The van der Waals surface area contributed by atoms with Gasteiger partial charge in [0.05, 0.1) is 4.92 Å². The summed E-state index contributed by atoms with van der Waals surface area (Å²) in [7, 11) is 0.